The van der Waals surface area contributed by atoms with Crippen LogP contribution in [0.15, 0.2) is 35.0 Å². The molecule has 20 heavy (non-hydrogen) atoms. The minimum Gasteiger partial charge on any atom is -0.361 e. The van der Waals surface area contributed by atoms with Crippen LogP contribution in [0.3, 0.4) is 0 Å². The number of nitrogens with zero attached hydrogens (tertiary/aromatic N) is 2. The quantitative estimate of drug-likeness (QED) is 0.809. The molecule has 0 radical (unpaired) electrons. The van der Waals surface area contributed by atoms with Gasteiger partial charge in [0.25, 0.3) is 0 Å². The van der Waals surface area contributed by atoms with Crippen molar-refractivity contribution in [2.24, 2.45) is 0 Å². The van der Waals surface area contributed by atoms with Gasteiger partial charge in [-0.1, -0.05) is 38.9 Å². The van der Waals surface area contributed by atoms with Gasteiger partial charge in [-0.2, -0.15) is 0 Å². The molecule has 0 saturated heterocycles. The second-order valence-electron chi connectivity index (χ2n) is 6.82. The van der Waals surface area contributed by atoms with Crippen molar-refractivity contribution in [3.8, 4) is 0 Å². The van der Waals surface area contributed by atoms with Crippen LogP contribution in [-0.4, -0.2) is 10.1 Å². The maximum Gasteiger partial charge on any atom is 0.142 e. The lowest BCUT2D eigenvalue weighted by molar-refractivity contribution is 0.281. The van der Waals surface area contributed by atoms with E-state index in [0.29, 0.717) is 0 Å². The number of rotatable bonds is 5. The van der Waals surface area contributed by atoms with Crippen molar-refractivity contribution in [1.82, 2.24) is 10.1 Å². The van der Waals surface area contributed by atoms with E-state index < -0.39 is 0 Å². The van der Waals surface area contributed by atoms with E-state index in [9.17, 15) is 0 Å². The van der Waals surface area contributed by atoms with Gasteiger partial charge in [0.05, 0.1) is 5.69 Å². The molecule has 2 rings (SSSR count). The Hall–Kier alpha value is -1.64. The summed E-state index contributed by atoms with van der Waals surface area (Å²) in [6.07, 6.45) is 3.95. The third kappa shape index (κ3) is 3.27. The molecule has 0 amide bonds. The van der Waals surface area contributed by atoms with E-state index in [-0.39, 0.29) is 10.8 Å². The highest BCUT2D eigenvalue weighted by Crippen LogP contribution is 2.35. The van der Waals surface area contributed by atoms with Crippen LogP contribution in [0.5, 0.6) is 0 Å². The van der Waals surface area contributed by atoms with Crippen LogP contribution >= 0.6 is 0 Å². The zero-order chi connectivity index (χ0) is 14.8. The summed E-state index contributed by atoms with van der Waals surface area (Å²) in [4.78, 5) is 4.49. The second kappa shape index (κ2) is 5.39. The van der Waals surface area contributed by atoms with Gasteiger partial charge in [0.2, 0.25) is 0 Å². The molecule has 0 bridgehead atoms. The first-order chi connectivity index (χ1) is 9.31. The Balaban J connectivity index is 2.07. The monoisotopic (exact) mass is 272 g/mol. The minimum atomic E-state index is -0.00664. The number of hydrogen-bond donors (Lipinski definition) is 0. The molecule has 0 aliphatic carbocycles. The van der Waals surface area contributed by atoms with Crippen LogP contribution in [0, 0.1) is 6.92 Å². The summed E-state index contributed by atoms with van der Waals surface area (Å²) < 4.78 is 5.43. The van der Waals surface area contributed by atoms with E-state index in [1.165, 1.54) is 0 Å². The standard InChI is InChI=1S/C17H24N2O/c1-13-12-15(20-19-13)17(4,5)10-9-16(2,3)14-8-6-7-11-18-14/h6-8,11-12H,9-10H2,1-5H3. The van der Waals surface area contributed by atoms with E-state index in [2.05, 4.69) is 50.0 Å². The molecule has 2 heterocycles. The van der Waals surface area contributed by atoms with Crippen molar-refractivity contribution in [3.63, 3.8) is 0 Å². The third-order valence-electron chi connectivity index (χ3n) is 4.03. The number of hydrogen-bond acceptors (Lipinski definition) is 3. The molecule has 2 aromatic rings. The van der Waals surface area contributed by atoms with Gasteiger partial charge in [-0.25, -0.2) is 0 Å². The first kappa shape index (κ1) is 14.8. The average Bonchev–Trinajstić information content (AvgIpc) is 2.85. The summed E-state index contributed by atoms with van der Waals surface area (Å²) in [6.45, 7) is 10.9. The molecule has 3 nitrogen and oxygen atoms in total. The first-order valence-corrected chi connectivity index (χ1v) is 7.17. The summed E-state index contributed by atoms with van der Waals surface area (Å²) in [5.41, 5.74) is 2.14. The molecule has 0 aliphatic heterocycles. The Morgan fingerprint density at radius 1 is 1.05 bits per heavy atom. The molecule has 0 unspecified atom stereocenters. The van der Waals surface area contributed by atoms with Gasteiger partial charge < -0.3 is 4.52 Å². The van der Waals surface area contributed by atoms with Gasteiger partial charge >= 0.3 is 0 Å². The number of pyridine rings is 1. The van der Waals surface area contributed by atoms with Gasteiger partial charge in [0, 0.05) is 28.8 Å². The van der Waals surface area contributed by atoms with Crippen molar-refractivity contribution in [3.05, 3.63) is 47.6 Å². The lowest BCUT2D eigenvalue weighted by Crippen LogP contribution is -2.24. The van der Waals surface area contributed by atoms with Crippen LogP contribution in [0.4, 0.5) is 0 Å². The van der Waals surface area contributed by atoms with E-state index in [0.717, 1.165) is 30.0 Å². The van der Waals surface area contributed by atoms with Gasteiger partial charge in [0.1, 0.15) is 5.76 Å². The van der Waals surface area contributed by atoms with Crippen molar-refractivity contribution in [2.45, 2.75) is 58.3 Å². The van der Waals surface area contributed by atoms with E-state index >= 15 is 0 Å². The molecule has 0 aromatic carbocycles. The van der Waals surface area contributed by atoms with Crippen LogP contribution in [-0.2, 0) is 10.8 Å². The summed E-state index contributed by atoms with van der Waals surface area (Å²) in [5.74, 6) is 0.965. The maximum absolute atomic E-state index is 5.43. The largest absolute Gasteiger partial charge is 0.361 e. The predicted molar refractivity (Wildman–Crippen MR) is 80.8 cm³/mol. The summed E-state index contributed by atoms with van der Waals surface area (Å²) in [7, 11) is 0. The number of aromatic nitrogens is 2. The van der Waals surface area contributed by atoms with Crippen LogP contribution in [0.1, 0.15) is 57.7 Å². The molecule has 2 aromatic heterocycles. The molecule has 0 fully saturated rings. The number of aryl methyl sites for hydroxylation is 1. The summed E-state index contributed by atoms with van der Waals surface area (Å²) >= 11 is 0. The molecule has 0 aliphatic rings. The van der Waals surface area contributed by atoms with Gasteiger partial charge in [-0.15, -0.1) is 0 Å². The Morgan fingerprint density at radius 2 is 1.75 bits per heavy atom. The van der Waals surface area contributed by atoms with Gasteiger partial charge in [-0.3, -0.25) is 4.98 Å². The molecule has 0 spiro atoms. The Labute approximate surface area is 121 Å². The maximum atomic E-state index is 5.43. The lowest BCUT2D eigenvalue weighted by Gasteiger charge is -2.29. The fourth-order valence-corrected chi connectivity index (χ4v) is 2.32. The predicted octanol–water partition coefficient (Wildman–Crippen LogP) is 4.41. The molecule has 108 valence electrons. The van der Waals surface area contributed by atoms with Crippen molar-refractivity contribution >= 4 is 0 Å². The molecule has 0 N–H and O–H groups in total. The second-order valence-corrected chi connectivity index (χ2v) is 6.82. The van der Waals surface area contributed by atoms with Crippen molar-refractivity contribution < 1.29 is 4.52 Å². The summed E-state index contributed by atoms with van der Waals surface area (Å²) in [5, 5.41) is 4.00. The Bertz CT molecular complexity index is 555. The lowest BCUT2D eigenvalue weighted by atomic mass is 9.76. The van der Waals surface area contributed by atoms with Crippen LogP contribution in [0.25, 0.3) is 0 Å². The van der Waals surface area contributed by atoms with E-state index in [1.54, 1.807) is 0 Å². The Kier molecular flexibility index (Phi) is 3.98. The average molecular weight is 272 g/mol. The molecular formula is C17H24N2O. The SMILES string of the molecule is Cc1cc(C(C)(C)CCC(C)(C)c2ccccn2)on1. The van der Waals surface area contributed by atoms with Gasteiger partial charge in [-0.05, 0) is 31.9 Å². The topological polar surface area (TPSA) is 38.9 Å². The third-order valence-corrected chi connectivity index (χ3v) is 4.03. The van der Waals surface area contributed by atoms with Crippen LogP contribution in [0.2, 0.25) is 0 Å². The van der Waals surface area contributed by atoms with Crippen molar-refractivity contribution in [1.29, 1.82) is 0 Å². The zero-order valence-electron chi connectivity index (χ0n) is 13.1. The molecular weight excluding hydrogens is 248 g/mol. The highest BCUT2D eigenvalue weighted by atomic mass is 16.5. The minimum absolute atomic E-state index is 0.00664. The van der Waals surface area contributed by atoms with Gasteiger partial charge in [0.15, 0.2) is 0 Å². The first-order valence-electron chi connectivity index (χ1n) is 7.17. The van der Waals surface area contributed by atoms with Crippen molar-refractivity contribution in [2.75, 3.05) is 0 Å². The highest BCUT2D eigenvalue weighted by molar-refractivity contribution is 5.17. The molecule has 3 heteroatoms. The highest BCUT2D eigenvalue weighted by Gasteiger charge is 2.30. The van der Waals surface area contributed by atoms with Crippen LogP contribution < -0.4 is 0 Å². The molecule has 0 atom stereocenters. The fraction of sp³-hybridized carbons (Fsp3) is 0.529. The summed E-state index contributed by atoms with van der Waals surface area (Å²) in [6, 6.07) is 8.15. The normalized spacial score (nSPS) is 12.7. The van der Waals surface area contributed by atoms with E-state index in [1.807, 2.05) is 25.3 Å². The zero-order valence-corrected chi connectivity index (χ0v) is 13.1. The smallest absolute Gasteiger partial charge is 0.142 e. The molecule has 0 saturated carbocycles. The Morgan fingerprint density at radius 3 is 2.30 bits per heavy atom. The fourth-order valence-electron chi connectivity index (χ4n) is 2.32. The van der Waals surface area contributed by atoms with E-state index in [4.69, 9.17) is 4.52 Å².